The molecule has 21 heavy (non-hydrogen) atoms. The molecule has 2 N–H and O–H groups in total. The van der Waals surface area contributed by atoms with Crippen molar-refractivity contribution in [3.05, 3.63) is 29.8 Å². The summed E-state index contributed by atoms with van der Waals surface area (Å²) in [5.74, 6) is 0.575. The number of rotatable bonds is 6. The number of anilines is 1. The maximum absolute atomic E-state index is 12.1. The van der Waals surface area contributed by atoms with Crippen LogP contribution in [0.3, 0.4) is 0 Å². The minimum atomic E-state index is 0. The Morgan fingerprint density at radius 2 is 2.00 bits per heavy atom. The summed E-state index contributed by atoms with van der Waals surface area (Å²) in [6.45, 7) is 5.35. The fourth-order valence-electron chi connectivity index (χ4n) is 2.47. The lowest BCUT2D eigenvalue weighted by Crippen LogP contribution is -2.23. The van der Waals surface area contributed by atoms with E-state index in [1.165, 1.54) is 0 Å². The highest BCUT2D eigenvalue weighted by atomic mass is 35.5. The molecule has 1 aliphatic heterocycles. The zero-order valence-corrected chi connectivity index (χ0v) is 13.4. The molecule has 118 valence electrons. The summed E-state index contributed by atoms with van der Waals surface area (Å²) in [7, 11) is 0. The molecule has 0 saturated carbocycles. The summed E-state index contributed by atoms with van der Waals surface area (Å²) in [6.07, 6.45) is 2.58. The number of ether oxygens (including phenoxy) is 1. The second kappa shape index (κ2) is 9.77. The fraction of sp³-hybridized carbons (Fsp3) is 0.562. The Morgan fingerprint density at radius 3 is 2.71 bits per heavy atom. The van der Waals surface area contributed by atoms with E-state index in [1.807, 2.05) is 24.3 Å². The van der Waals surface area contributed by atoms with Gasteiger partial charge in [0.2, 0.25) is 5.91 Å². The van der Waals surface area contributed by atoms with Gasteiger partial charge in [0.1, 0.15) is 0 Å². The number of amides is 1. The van der Waals surface area contributed by atoms with Crippen molar-refractivity contribution in [1.82, 2.24) is 5.32 Å². The summed E-state index contributed by atoms with van der Waals surface area (Å²) in [5, 5.41) is 6.34. The molecule has 1 saturated heterocycles. The van der Waals surface area contributed by atoms with Gasteiger partial charge < -0.3 is 15.4 Å². The molecule has 0 bridgehead atoms. The van der Waals surface area contributed by atoms with E-state index in [1.54, 1.807) is 0 Å². The molecule has 2 rings (SSSR count). The van der Waals surface area contributed by atoms with Gasteiger partial charge in [0.05, 0.1) is 0 Å². The van der Waals surface area contributed by atoms with E-state index in [-0.39, 0.29) is 18.3 Å². The molecule has 5 heteroatoms. The smallest absolute Gasteiger partial charge is 0.224 e. The highest BCUT2D eigenvalue weighted by Crippen LogP contribution is 2.20. The van der Waals surface area contributed by atoms with Crippen molar-refractivity contribution < 1.29 is 9.53 Å². The van der Waals surface area contributed by atoms with Crippen LogP contribution in [0.1, 0.15) is 31.7 Å². The van der Waals surface area contributed by atoms with Gasteiger partial charge in [0.25, 0.3) is 0 Å². The van der Waals surface area contributed by atoms with Gasteiger partial charge in [0.15, 0.2) is 0 Å². The van der Waals surface area contributed by atoms with Gasteiger partial charge in [0, 0.05) is 31.9 Å². The van der Waals surface area contributed by atoms with Gasteiger partial charge in [-0.25, -0.2) is 0 Å². The average Bonchev–Trinajstić information content (AvgIpc) is 2.47. The number of hydrogen-bond donors (Lipinski definition) is 2. The number of nitrogens with one attached hydrogen (secondary N) is 2. The molecule has 0 unspecified atom stereocenters. The number of benzene rings is 1. The van der Waals surface area contributed by atoms with Crippen molar-refractivity contribution in [3.8, 4) is 0 Å². The molecule has 1 aliphatic rings. The third kappa shape index (κ3) is 6.04. The van der Waals surface area contributed by atoms with Gasteiger partial charge in [-0.15, -0.1) is 12.4 Å². The van der Waals surface area contributed by atoms with Crippen LogP contribution in [0, 0.1) is 5.92 Å². The number of halogens is 1. The quantitative estimate of drug-likeness (QED) is 0.849. The normalized spacial score (nSPS) is 15.3. The van der Waals surface area contributed by atoms with Crippen molar-refractivity contribution >= 4 is 24.0 Å². The van der Waals surface area contributed by atoms with Crippen LogP contribution in [0.4, 0.5) is 5.69 Å². The second-order valence-corrected chi connectivity index (χ2v) is 5.25. The van der Waals surface area contributed by atoms with Gasteiger partial charge in [-0.2, -0.15) is 0 Å². The van der Waals surface area contributed by atoms with Crippen LogP contribution in [0.5, 0.6) is 0 Å². The third-order valence-corrected chi connectivity index (χ3v) is 3.67. The van der Waals surface area contributed by atoms with Crippen LogP contribution < -0.4 is 10.6 Å². The van der Waals surface area contributed by atoms with Crippen LogP contribution >= 0.6 is 12.4 Å². The monoisotopic (exact) mass is 312 g/mol. The zero-order valence-electron chi connectivity index (χ0n) is 12.6. The van der Waals surface area contributed by atoms with Crippen LogP contribution in [0.2, 0.25) is 0 Å². The number of para-hydroxylation sites is 1. The molecule has 0 aromatic heterocycles. The van der Waals surface area contributed by atoms with E-state index < -0.39 is 0 Å². The first-order valence-electron chi connectivity index (χ1n) is 7.45. The minimum Gasteiger partial charge on any atom is -0.381 e. The van der Waals surface area contributed by atoms with E-state index in [9.17, 15) is 4.79 Å². The molecular formula is C16H25ClN2O2. The second-order valence-electron chi connectivity index (χ2n) is 5.25. The number of carbonyl (C=O) groups excluding carboxylic acids is 1. The van der Waals surface area contributed by atoms with E-state index >= 15 is 0 Å². The lowest BCUT2D eigenvalue weighted by atomic mass is 9.96. The molecule has 0 radical (unpaired) electrons. The average molecular weight is 313 g/mol. The van der Waals surface area contributed by atoms with Crippen LogP contribution in [0.15, 0.2) is 24.3 Å². The summed E-state index contributed by atoms with van der Waals surface area (Å²) >= 11 is 0. The molecule has 4 nitrogen and oxygen atoms in total. The Hall–Kier alpha value is -1.10. The fourth-order valence-corrected chi connectivity index (χ4v) is 2.47. The standard InChI is InChI=1S/C16H24N2O2.ClH/c1-2-17-12-14-5-3-4-6-15(14)18-16(19)11-13-7-9-20-10-8-13;/h3-6,13,17H,2,7-12H2,1H3,(H,18,19);1H. The molecule has 1 fully saturated rings. The lowest BCUT2D eigenvalue weighted by Gasteiger charge is -2.21. The van der Waals surface area contributed by atoms with Crippen molar-refractivity contribution in [2.24, 2.45) is 5.92 Å². The van der Waals surface area contributed by atoms with E-state index in [2.05, 4.69) is 17.6 Å². The highest BCUT2D eigenvalue weighted by Gasteiger charge is 2.17. The molecule has 1 aromatic carbocycles. The third-order valence-electron chi connectivity index (χ3n) is 3.67. The molecule has 1 aromatic rings. The summed E-state index contributed by atoms with van der Waals surface area (Å²) in [5.41, 5.74) is 2.06. The highest BCUT2D eigenvalue weighted by molar-refractivity contribution is 5.91. The Kier molecular flexibility index (Phi) is 8.35. The van der Waals surface area contributed by atoms with E-state index in [4.69, 9.17) is 4.74 Å². The molecule has 0 atom stereocenters. The minimum absolute atomic E-state index is 0. The van der Waals surface area contributed by atoms with Crippen LogP contribution in [-0.4, -0.2) is 25.7 Å². The van der Waals surface area contributed by atoms with Gasteiger partial charge >= 0.3 is 0 Å². The predicted octanol–water partition coefficient (Wildman–Crippen LogP) is 2.97. The Morgan fingerprint density at radius 1 is 1.29 bits per heavy atom. The predicted molar refractivity (Wildman–Crippen MR) is 87.9 cm³/mol. The van der Waals surface area contributed by atoms with Crippen molar-refractivity contribution in [2.75, 3.05) is 25.1 Å². The number of hydrogen-bond acceptors (Lipinski definition) is 3. The largest absolute Gasteiger partial charge is 0.381 e. The molecule has 1 heterocycles. The van der Waals surface area contributed by atoms with Crippen LogP contribution in [0.25, 0.3) is 0 Å². The maximum Gasteiger partial charge on any atom is 0.224 e. The van der Waals surface area contributed by atoms with Gasteiger partial charge in [-0.1, -0.05) is 25.1 Å². The SMILES string of the molecule is CCNCc1ccccc1NC(=O)CC1CCOCC1.Cl. The Labute approximate surface area is 133 Å². The Balaban J connectivity index is 0.00000220. The van der Waals surface area contributed by atoms with Gasteiger partial charge in [-0.3, -0.25) is 4.79 Å². The van der Waals surface area contributed by atoms with E-state index in [0.717, 1.165) is 50.4 Å². The number of carbonyl (C=O) groups is 1. The molecule has 0 spiro atoms. The van der Waals surface area contributed by atoms with Crippen LogP contribution in [-0.2, 0) is 16.1 Å². The van der Waals surface area contributed by atoms with Crippen molar-refractivity contribution in [3.63, 3.8) is 0 Å². The van der Waals surface area contributed by atoms with E-state index in [0.29, 0.717) is 12.3 Å². The molecular weight excluding hydrogens is 288 g/mol. The topological polar surface area (TPSA) is 50.4 Å². The zero-order chi connectivity index (χ0) is 14.2. The van der Waals surface area contributed by atoms with Crippen molar-refractivity contribution in [1.29, 1.82) is 0 Å². The van der Waals surface area contributed by atoms with Crippen molar-refractivity contribution in [2.45, 2.75) is 32.7 Å². The Bertz CT molecular complexity index is 434. The molecule has 0 aliphatic carbocycles. The lowest BCUT2D eigenvalue weighted by molar-refractivity contribution is -0.117. The first kappa shape index (κ1) is 18.0. The molecule has 1 amide bonds. The first-order valence-corrected chi connectivity index (χ1v) is 7.45. The summed E-state index contributed by atoms with van der Waals surface area (Å²) in [6, 6.07) is 7.97. The summed E-state index contributed by atoms with van der Waals surface area (Å²) in [4.78, 5) is 12.1. The maximum atomic E-state index is 12.1. The summed E-state index contributed by atoms with van der Waals surface area (Å²) < 4.78 is 5.32. The first-order chi connectivity index (χ1) is 9.79. The van der Waals surface area contributed by atoms with Gasteiger partial charge in [-0.05, 0) is 36.9 Å².